The summed E-state index contributed by atoms with van der Waals surface area (Å²) < 4.78 is 9.55. The Hall–Kier alpha value is -1.11. The van der Waals surface area contributed by atoms with Crippen LogP contribution in [0.5, 0.6) is 0 Å². The number of halogens is 2. The molecule has 5 nitrogen and oxygen atoms in total. The highest BCUT2D eigenvalue weighted by Crippen LogP contribution is 2.73. The number of ether oxygens (including phenoxy) is 1. The number of aliphatic hydroxyl groups excluding tert-OH is 1. The minimum absolute atomic E-state index is 0.00400. The number of hydrogen-bond acceptors (Lipinski definition) is 5. The third-order valence-corrected chi connectivity index (χ3v) is 10.8. The first kappa shape index (κ1) is 24.6. The largest absolute Gasteiger partial charge is 0.431 e. The molecule has 2 saturated carbocycles. The first-order valence-electron chi connectivity index (χ1n) is 12.0. The number of fused-ring (bicyclic) bond motifs is 5. The Morgan fingerprint density at radius 3 is 2.50 bits per heavy atom. The van der Waals surface area contributed by atoms with Gasteiger partial charge in [0.25, 0.3) is 0 Å². The van der Waals surface area contributed by atoms with Gasteiger partial charge in [0, 0.05) is 30.9 Å². The molecule has 8 atom stereocenters. The van der Waals surface area contributed by atoms with E-state index in [9.17, 15) is 15.0 Å². The lowest BCUT2D eigenvalue weighted by atomic mass is 9.44. The average molecular weight is 509 g/mol. The van der Waals surface area contributed by atoms with E-state index in [1.807, 2.05) is 6.92 Å². The highest BCUT2D eigenvalue weighted by Gasteiger charge is 2.74. The van der Waals surface area contributed by atoms with Crippen LogP contribution in [0, 0.1) is 28.1 Å². The van der Waals surface area contributed by atoms with Crippen LogP contribution in [0.4, 0.5) is 0 Å². The van der Waals surface area contributed by atoms with E-state index in [0.29, 0.717) is 12.0 Å². The maximum atomic E-state index is 12.5. The normalized spacial score (nSPS) is 46.3. The van der Waals surface area contributed by atoms with Crippen LogP contribution in [-0.2, 0) is 4.74 Å². The molecule has 0 amide bonds. The molecule has 0 aromatic carbocycles. The third kappa shape index (κ3) is 2.94. The highest BCUT2D eigenvalue weighted by atomic mass is 35.5. The maximum Gasteiger partial charge on any atom is 0.335 e. The molecule has 0 saturated heterocycles. The monoisotopic (exact) mass is 508 g/mol. The fraction of sp³-hybridized carbons (Fsp3) is 0.667. The van der Waals surface area contributed by atoms with Crippen molar-refractivity contribution in [3.63, 3.8) is 0 Å². The Labute approximate surface area is 210 Å². The van der Waals surface area contributed by atoms with Gasteiger partial charge >= 0.3 is 5.63 Å². The predicted molar refractivity (Wildman–Crippen MR) is 132 cm³/mol. The van der Waals surface area contributed by atoms with Crippen LogP contribution in [0.15, 0.2) is 51.4 Å². The summed E-state index contributed by atoms with van der Waals surface area (Å²) >= 11 is 13.9. The van der Waals surface area contributed by atoms with Crippen molar-refractivity contribution >= 4 is 23.2 Å². The molecule has 0 aliphatic heterocycles. The van der Waals surface area contributed by atoms with E-state index in [0.717, 1.165) is 12.0 Å². The van der Waals surface area contributed by atoms with Crippen molar-refractivity contribution in [1.82, 2.24) is 0 Å². The number of allylic oxidation sites excluding steroid dienone is 2. The van der Waals surface area contributed by atoms with E-state index >= 15 is 0 Å². The lowest BCUT2D eigenvalue weighted by molar-refractivity contribution is -0.155. The molecule has 1 heterocycles. The SMILES string of the molecule is COC1C=CC2(C)C3CC(O)C4(C)C(c5ccc(=O)oc5)C(Cl)(Cl)CC4(O)C3=CCC2C1(C)C. The Balaban J connectivity index is 1.65. The van der Waals surface area contributed by atoms with E-state index in [2.05, 4.69) is 39.0 Å². The van der Waals surface area contributed by atoms with Crippen molar-refractivity contribution in [2.24, 2.45) is 28.1 Å². The van der Waals surface area contributed by atoms with Crippen molar-refractivity contribution in [2.75, 3.05) is 7.11 Å². The third-order valence-electron chi connectivity index (χ3n) is 10.1. The standard InChI is InChI=1S/C27H34Cl2O5/c1-23(2)18-8-7-16-17(24(18,3)11-10-20(23)33-5)12-19(30)25(4)22(15-6-9-21(31)34-13-15)27(28,29)14-26(16,25)32/h6-7,9-11,13,17-20,22,30,32H,8,12,14H2,1-5H3. The quantitative estimate of drug-likeness (QED) is 0.434. The molecule has 34 heavy (non-hydrogen) atoms. The van der Waals surface area contributed by atoms with Crippen LogP contribution in [0.1, 0.15) is 58.4 Å². The summed E-state index contributed by atoms with van der Waals surface area (Å²) in [4.78, 5) is 11.6. The summed E-state index contributed by atoms with van der Waals surface area (Å²) in [5, 5.41) is 24.2. The van der Waals surface area contributed by atoms with Gasteiger partial charge in [-0.05, 0) is 52.7 Å². The van der Waals surface area contributed by atoms with E-state index < -0.39 is 33.0 Å². The van der Waals surface area contributed by atoms with Crippen LogP contribution in [0.2, 0.25) is 0 Å². The van der Waals surface area contributed by atoms with Crippen LogP contribution < -0.4 is 5.63 Å². The summed E-state index contributed by atoms with van der Waals surface area (Å²) in [7, 11) is 1.74. The zero-order valence-electron chi connectivity index (χ0n) is 20.3. The molecule has 1 aromatic heterocycles. The van der Waals surface area contributed by atoms with Gasteiger partial charge in [0.05, 0.1) is 24.1 Å². The summed E-state index contributed by atoms with van der Waals surface area (Å²) in [5.74, 6) is -0.415. The molecule has 0 bridgehead atoms. The van der Waals surface area contributed by atoms with Gasteiger partial charge in [-0.2, -0.15) is 0 Å². The van der Waals surface area contributed by atoms with Gasteiger partial charge in [0.1, 0.15) is 4.33 Å². The highest BCUT2D eigenvalue weighted by molar-refractivity contribution is 6.49. The van der Waals surface area contributed by atoms with Gasteiger partial charge in [0.15, 0.2) is 0 Å². The van der Waals surface area contributed by atoms with Crippen LogP contribution in [0.25, 0.3) is 0 Å². The second-order valence-electron chi connectivity index (χ2n) is 11.9. The van der Waals surface area contributed by atoms with Crippen molar-refractivity contribution < 1.29 is 19.4 Å². The average Bonchev–Trinajstić information content (AvgIpc) is 2.92. The van der Waals surface area contributed by atoms with Crippen molar-refractivity contribution in [3.8, 4) is 0 Å². The molecular weight excluding hydrogens is 475 g/mol. The Kier molecular flexibility index (Phi) is 5.39. The lowest BCUT2D eigenvalue weighted by Crippen LogP contribution is -2.63. The maximum absolute atomic E-state index is 12.5. The van der Waals surface area contributed by atoms with Gasteiger partial charge < -0.3 is 19.4 Å². The second-order valence-corrected chi connectivity index (χ2v) is 13.4. The molecular formula is C27H34Cl2O5. The Morgan fingerprint density at radius 1 is 1.18 bits per heavy atom. The summed E-state index contributed by atoms with van der Waals surface area (Å²) in [6.07, 6.45) is 8.38. The van der Waals surface area contributed by atoms with E-state index in [1.165, 1.54) is 12.3 Å². The molecule has 186 valence electrons. The predicted octanol–water partition coefficient (Wildman–Crippen LogP) is 4.98. The number of methoxy groups -OCH3 is 1. The van der Waals surface area contributed by atoms with E-state index in [1.54, 1.807) is 13.2 Å². The van der Waals surface area contributed by atoms with Gasteiger partial charge in [0.2, 0.25) is 0 Å². The zero-order valence-corrected chi connectivity index (χ0v) is 21.9. The Morgan fingerprint density at radius 2 is 1.88 bits per heavy atom. The van der Waals surface area contributed by atoms with Gasteiger partial charge in [-0.25, -0.2) is 4.79 Å². The molecule has 0 spiro atoms. The summed E-state index contributed by atoms with van der Waals surface area (Å²) in [6, 6.07) is 2.96. The second kappa shape index (κ2) is 7.45. The first-order valence-corrected chi connectivity index (χ1v) is 12.8. The number of hydrogen-bond donors (Lipinski definition) is 2. The summed E-state index contributed by atoms with van der Waals surface area (Å²) in [5.41, 5.74) is -1.81. The molecule has 2 N–H and O–H groups in total. The fourth-order valence-electron chi connectivity index (χ4n) is 8.30. The van der Waals surface area contributed by atoms with Crippen LogP contribution in [0.3, 0.4) is 0 Å². The van der Waals surface area contributed by atoms with Gasteiger partial charge in [-0.1, -0.05) is 45.9 Å². The van der Waals surface area contributed by atoms with Crippen LogP contribution >= 0.6 is 23.2 Å². The van der Waals surface area contributed by atoms with Crippen molar-refractivity contribution in [3.05, 3.63) is 58.2 Å². The van der Waals surface area contributed by atoms with Crippen LogP contribution in [-0.4, -0.2) is 39.5 Å². The molecule has 1 aromatic rings. The van der Waals surface area contributed by atoms with Gasteiger partial charge in [-0.3, -0.25) is 0 Å². The molecule has 7 heteroatoms. The topological polar surface area (TPSA) is 79.9 Å². The summed E-state index contributed by atoms with van der Waals surface area (Å²) in [6.45, 7) is 8.59. The number of alkyl halides is 2. The molecule has 8 unspecified atom stereocenters. The fourth-order valence-corrected chi connectivity index (χ4v) is 9.39. The first-order chi connectivity index (χ1) is 15.7. The molecule has 4 aliphatic carbocycles. The lowest BCUT2D eigenvalue weighted by Gasteiger charge is -2.62. The molecule has 0 radical (unpaired) electrons. The van der Waals surface area contributed by atoms with Crippen molar-refractivity contribution in [2.45, 2.75) is 75.0 Å². The number of aliphatic hydroxyl groups is 2. The Bertz CT molecular complexity index is 1100. The van der Waals surface area contributed by atoms with Crippen molar-refractivity contribution in [1.29, 1.82) is 0 Å². The smallest absolute Gasteiger partial charge is 0.335 e. The molecule has 5 rings (SSSR count). The minimum Gasteiger partial charge on any atom is -0.431 e. The minimum atomic E-state index is -1.41. The van der Waals surface area contributed by atoms with E-state index in [4.69, 9.17) is 32.4 Å². The molecule has 4 aliphatic rings. The van der Waals surface area contributed by atoms with Gasteiger partial charge in [-0.15, -0.1) is 23.2 Å². The number of rotatable bonds is 2. The zero-order chi connectivity index (χ0) is 24.9. The molecule has 2 fully saturated rings. The van der Waals surface area contributed by atoms with E-state index in [-0.39, 0.29) is 35.2 Å².